The quantitative estimate of drug-likeness (QED) is 0.836. The van der Waals surface area contributed by atoms with Gasteiger partial charge in [0.1, 0.15) is 11.8 Å². The molecule has 1 unspecified atom stereocenters. The highest BCUT2D eigenvalue weighted by Crippen LogP contribution is 2.16. The van der Waals surface area contributed by atoms with Crippen molar-refractivity contribution < 1.29 is 9.53 Å². The Labute approximate surface area is 108 Å². The van der Waals surface area contributed by atoms with Gasteiger partial charge in [-0.1, -0.05) is 32.4 Å². The van der Waals surface area contributed by atoms with Crippen molar-refractivity contribution in [1.29, 1.82) is 5.26 Å². The van der Waals surface area contributed by atoms with Crippen LogP contribution in [0.1, 0.15) is 25.8 Å². The highest BCUT2D eigenvalue weighted by Gasteiger charge is 2.07. The largest absolute Gasteiger partial charge is 0.482 e. The third kappa shape index (κ3) is 4.46. The molecule has 0 aliphatic rings. The lowest BCUT2D eigenvalue weighted by molar-refractivity contribution is -0.123. The van der Waals surface area contributed by atoms with Crippen molar-refractivity contribution in [3.63, 3.8) is 0 Å². The van der Waals surface area contributed by atoms with Crippen molar-refractivity contribution in [2.45, 2.75) is 20.3 Å². The van der Waals surface area contributed by atoms with Gasteiger partial charge in [0.15, 0.2) is 6.61 Å². The van der Waals surface area contributed by atoms with Crippen LogP contribution in [-0.2, 0) is 4.79 Å². The second-order valence-corrected chi connectivity index (χ2v) is 4.21. The second kappa shape index (κ2) is 7.33. The molecule has 0 radical (unpaired) electrons. The van der Waals surface area contributed by atoms with Crippen LogP contribution in [0.3, 0.4) is 0 Å². The van der Waals surface area contributed by atoms with E-state index in [1.165, 1.54) is 0 Å². The van der Waals surface area contributed by atoms with Gasteiger partial charge in [0, 0.05) is 6.54 Å². The topological polar surface area (TPSA) is 62.1 Å². The molecule has 0 aliphatic carbocycles. The molecule has 18 heavy (non-hydrogen) atoms. The molecule has 0 fully saturated rings. The van der Waals surface area contributed by atoms with Crippen molar-refractivity contribution in [1.82, 2.24) is 5.32 Å². The summed E-state index contributed by atoms with van der Waals surface area (Å²) in [5.41, 5.74) is 0.437. The molecule has 1 aromatic carbocycles. The van der Waals surface area contributed by atoms with Crippen LogP contribution in [0, 0.1) is 17.2 Å². The predicted molar refractivity (Wildman–Crippen MR) is 69.1 cm³/mol. The molecular weight excluding hydrogens is 228 g/mol. The number of hydrogen-bond acceptors (Lipinski definition) is 3. The second-order valence-electron chi connectivity index (χ2n) is 4.21. The Morgan fingerprint density at radius 2 is 2.22 bits per heavy atom. The van der Waals surface area contributed by atoms with Crippen molar-refractivity contribution in [3.05, 3.63) is 29.8 Å². The molecule has 0 spiro atoms. The highest BCUT2D eigenvalue weighted by molar-refractivity contribution is 5.77. The molecular formula is C14H18N2O2. The van der Waals surface area contributed by atoms with Crippen LogP contribution in [0.5, 0.6) is 5.75 Å². The van der Waals surface area contributed by atoms with E-state index in [0.717, 1.165) is 6.42 Å². The standard InChI is InChI=1S/C14H18N2O2/c1-3-11(2)9-16-14(17)10-18-13-7-5-4-6-12(13)8-15/h4-7,11H,3,9-10H2,1-2H3,(H,16,17). The van der Waals surface area contributed by atoms with Crippen LogP contribution in [0.2, 0.25) is 0 Å². The van der Waals surface area contributed by atoms with Crippen LogP contribution >= 0.6 is 0 Å². The van der Waals surface area contributed by atoms with Gasteiger partial charge >= 0.3 is 0 Å². The van der Waals surface area contributed by atoms with Gasteiger partial charge in [-0.05, 0) is 18.1 Å². The fraction of sp³-hybridized carbons (Fsp3) is 0.429. The molecule has 1 N–H and O–H groups in total. The van der Waals surface area contributed by atoms with Crippen LogP contribution in [0.25, 0.3) is 0 Å². The molecule has 1 rings (SSSR count). The van der Waals surface area contributed by atoms with E-state index in [4.69, 9.17) is 10.00 Å². The number of nitriles is 1. The van der Waals surface area contributed by atoms with E-state index in [-0.39, 0.29) is 12.5 Å². The Morgan fingerprint density at radius 1 is 1.50 bits per heavy atom. The summed E-state index contributed by atoms with van der Waals surface area (Å²) in [5, 5.41) is 11.7. The van der Waals surface area contributed by atoms with E-state index in [1.54, 1.807) is 24.3 Å². The Bertz CT molecular complexity index is 438. The first-order valence-corrected chi connectivity index (χ1v) is 6.06. The predicted octanol–water partition coefficient (Wildman–Crippen LogP) is 2.10. The number of nitrogens with one attached hydrogen (secondary N) is 1. The number of carbonyl (C=O) groups excluding carboxylic acids is 1. The van der Waals surface area contributed by atoms with Gasteiger partial charge in [-0.3, -0.25) is 4.79 Å². The summed E-state index contributed by atoms with van der Waals surface area (Å²) in [6.07, 6.45) is 1.03. The first-order valence-electron chi connectivity index (χ1n) is 6.06. The van der Waals surface area contributed by atoms with Crippen LogP contribution in [-0.4, -0.2) is 19.1 Å². The maximum atomic E-state index is 11.5. The van der Waals surface area contributed by atoms with Gasteiger partial charge in [0.2, 0.25) is 0 Å². The minimum absolute atomic E-state index is 0.0604. The zero-order chi connectivity index (χ0) is 13.4. The van der Waals surface area contributed by atoms with E-state index >= 15 is 0 Å². The van der Waals surface area contributed by atoms with E-state index in [0.29, 0.717) is 23.8 Å². The fourth-order valence-electron chi connectivity index (χ4n) is 1.31. The molecule has 0 saturated carbocycles. The van der Waals surface area contributed by atoms with E-state index in [1.807, 2.05) is 6.07 Å². The van der Waals surface area contributed by atoms with Gasteiger partial charge < -0.3 is 10.1 Å². The Morgan fingerprint density at radius 3 is 2.89 bits per heavy atom. The van der Waals surface area contributed by atoms with Crippen molar-refractivity contribution in [3.8, 4) is 11.8 Å². The first kappa shape index (κ1) is 14.0. The van der Waals surface area contributed by atoms with E-state index in [2.05, 4.69) is 19.2 Å². The zero-order valence-corrected chi connectivity index (χ0v) is 10.8. The van der Waals surface area contributed by atoms with E-state index in [9.17, 15) is 4.79 Å². The highest BCUT2D eigenvalue weighted by atomic mass is 16.5. The molecule has 0 bridgehead atoms. The summed E-state index contributed by atoms with van der Waals surface area (Å²) in [6.45, 7) is 4.75. The number of amides is 1. The lowest BCUT2D eigenvalue weighted by Gasteiger charge is -2.11. The molecule has 0 heterocycles. The minimum Gasteiger partial charge on any atom is -0.482 e. The van der Waals surface area contributed by atoms with Gasteiger partial charge in [0.25, 0.3) is 5.91 Å². The SMILES string of the molecule is CCC(C)CNC(=O)COc1ccccc1C#N. The maximum Gasteiger partial charge on any atom is 0.257 e. The van der Waals surface area contributed by atoms with Crippen LogP contribution < -0.4 is 10.1 Å². The monoisotopic (exact) mass is 246 g/mol. The summed E-state index contributed by atoms with van der Waals surface area (Å²) in [7, 11) is 0. The Kier molecular flexibility index (Phi) is 5.72. The van der Waals surface area contributed by atoms with Crippen LogP contribution in [0.4, 0.5) is 0 Å². The molecule has 0 aromatic heterocycles. The molecule has 1 amide bonds. The summed E-state index contributed by atoms with van der Waals surface area (Å²) >= 11 is 0. The molecule has 1 atom stereocenters. The first-order chi connectivity index (χ1) is 8.67. The smallest absolute Gasteiger partial charge is 0.257 e. The van der Waals surface area contributed by atoms with Gasteiger partial charge in [-0.15, -0.1) is 0 Å². The molecule has 1 aromatic rings. The molecule has 0 saturated heterocycles. The molecule has 4 nitrogen and oxygen atoms in total. The lowest BCUT2D eigenvalue weighted by atomic mass is 10.1. The number of nitrogens with zero attached hydrogens (tertiary/aromatic N) is 1. The Hall–Kier alpha value is -2.02. The molecule has 96 valence electrons. The number of hydrogen-bond donors (Lipinski definition) is 1. The number of benzene rings is 1. The minimum atomic E-state index is -0.164. The number of ether oxygens (including phenoxy) is 1. The third-order valence-corrected chi connectivity index (χ3v) is 2.71. The normalized spacial score (nSPS) is 11.4. The Balaban J connectivity index is 2.41. The summed E-state index contributed by atoms with van der Waals surface area (Å²) in [6, 6.07) is 8.89. The number of rotatable bonds is 6. The van der Waals surface area contributed by atoms with Gasteiger partial charge in [-0.2, -0.15) is 5.26 Å². The summed E-state index contributed by atoms with van der Waals surface area (Å²) < 4.78 is 5.32. The fourth-order valence-corrected chi connectivity index (χ4v) is 1.31. The van der Waals surface area contributed by atoms with Crippen molar-refractivity contribution in [2.75, 3.05) is 13.2 Å². The average Bonchev–Trinajstić information content (AvgIpc) is 2.42. The summed E-state index contributed by atoms with van der Waals surface area (Å²) in [4.78, 5) is 11.5. The van der Waals surface area contributed by atoms with Crippen LogP contribution in [0.15, 0.2) is 24.3 Å². The number of para-hydroxylation sites is 1. The van der Waals surface area contributed by atoms with Crippen molar-refractivity contribution >= 4 is 5.91 Å². The molecule has 0 aliphatic heterocycles. The maximum absolute atomic E-state index is 11.5. The third-order valence-electron chi connectivity index (χ3n) is 2.71. The zero-order valence-electron chi connectivity index (χ0n) is 10.8. The lowest BCUT2D eigenvalue weighted by Crippen LogP contribution is -2.32. The average molecular weight is 246 g/mol. The van der Waals surface area contributed by atoms with E-state index < -0.39 is 0 Å². The number of carbonyl (C=O) groups is 1. The van der Waals surface area contributed by atoms with Gasteiger partial charge in [-0.25, -0.2) is 0 Å². The van der Waals surface area contributed by atoms with Crippen molar-refractivity contribution in [2.24, 2.45) is 5.92 Å². The molecule has 4 heteroatoms. The van der Waals surface area contributed by atoms with Gasteiger partial charge in [0.05, 0.1) is 5.56 Å². The summed E-state index contributed by atoms with van der Waals surface area (Å²) in [5.74, 6) is 0.738.